The van der Waals surface area contributed by atoms with Crippen LogP contribution in [0.25, 0.3) is 10.9 Å². The Balaban J connectivity index is 2.87. The molecule has 1 heterocycles. The van der Waals surface area contributed by atoms with Gasteiger partial charge < -0.3 is 24.3 Å². The van der Waals surface area contributed by atoms with E-state index >= 15 is 0 Å². The van der Waals surface area contributed by atoms with Gasteiger partial charge in [0.25, 0.3) is 0 Å². The Hall–Kier alpha value is -2.02. The average molecular weight is 339 g/mol. The maximum atomic E-state index is 12.8. The Morgan fingerprint density at radius 2 is 1.83 bits per heavy atom. The minimum atomic E-state index is -0.406. The minimum Gasteiger partial charge on any atom is -0.868 e. The molecule has 0 aliphatic carbocycles. The van der Waals surface area contributed by atoms with Crippen molar-refractivity contribution in [2.75, 3.05) is 33.3 Å². The van der Waals surface area contributed by atoms with Crippen molar-refractivity contribution < 1.29 is 19.3 Å². The molecule has 7 heteroatoms. The maximum Gasteiger partial charge on any atom is 0.303 e. The number of hydrogen-bond donors (Lipinski definition) is 1. The zero-order chi connectivity index (χ0) is 17.1. The molecule has 0 spiro atoms. The first-order chi connectivity index (χ1) is 11.0. The largest absolute Gasteiger partial charge is 0.868 e. The second kappa shape index (κ2) is 7.04. The molecule has 0 aliphatic rings. The summed E-state index contributed by atoms with van der Waals surface area (Å²) in [6.45, 7) is 2.03. The van der Waals surface area contributed by atoms with E-state index in [0.29, 0.717) is 27.3 Å². The molecule has 1 N–H and O–H groups in total. The molecule has 0 amide bonds. The van der Waals surface area contributed by atoms with Crippen molar-refractivity contribution in [3.8, 4) is 23.0 Å². The normalized spacial score (nSPS) is 12.2. The molecule has 2 rings (SSSR count). The number of ether oxygens (including phenoxy) is 3. The highest BCUT2D eigenvalue weighted by Gasteiger charge is 2.25. The molecular formula is C16H21NO5S. The first kappa shape index (κ1) is 17.3. The number of aromatic nitrogens is 1. The number of rotatable bonds is 6. The van der Waals surface area contributed by atoms with Crippen LogP contribution >= 0.6 is 0 Å². The summed E-state index contributed by atoms with van der Waals surface area (Å²) in [6, 6.07) is 1.58. The Morgan fingerprint density at radius 3 is 2.35 bits per heavy atom. The molecule has 0 bridgehead atoms. The number of nitrogens with one attached hydrogen (secondary N) is 1. The van der Waals surface area contributed by atoms with Gasteiger partial charge >= 0.3 is 5.56 Å². The Bertz CT molecular complexity index is 771. The van der Waals surface area contributed by atoms with Crippen LogP contribution in [-0.2, 0) is 10.9 Å². The van der Waals surface area contributed by atoms with E-state index in [9.17, 15) is 9.90 Å². The van der Waals surface area contributed by atoms with Gasteiger partial charge in [-0.3, -0.25) is 4.79 Å². The summed E-state index contributed by atoms with van der Waals surface area (Å²) in [5.41, 5.74) is -0.0373. The van der Waals surface area contributed by atoms with Crippen molar-refractivity contribution in [2.45, 2.75) is 18.2 Å². The van der Waals surface area contributed by atoms with Crippen LogP contribution in [0.15, 0.2) is 15.8 Å². The lowest BCUT2D eigenvalue weighted by molar-refractivity contribution is -0.270. The van der Waals surface area contributed by atoms with Crippen molar-refractivity contribution in [3.05, 3.63) is 16.4 Å². The number of hydrogen-bond acceptors (Lipinski definition) is 5. The van der Waals surface area contributed by atoms with Crippen molar-refractivity contribution >= 4 is 21.8 Å². The summed E-state index contributed by atoms with van der Waals surface area (Å²) in [6.07, 6.45) is 2.82. The standard InChI is InChI=1S/C16H21NO5S/c1-6-7-23(5)15-12(18)9-8-10(20-2)13(21-3)14(22-4)11(9)17-16(15)19/h8H,6-7H2,1-5H3,(H-,17,18,19). The van der Waals surface area contributed by atoms with E-state index in [4.69, 9.17) is 14.2 Å². The fraction of sp³-hybridized carbons (Fsp3) is 0.438. The molecule has 1 atom stereocenters. The summed E-state index contributed by atoms with van der Waals surface area (Å²) in [7, 11) is 4.01. The predicted molar refractivity (Wildman–Crippen MR) is 90.4 cm³/mol. The molecule has 1 aromatic heterocycles. The highest BCUT2D eigenvalue weighted by Crippen LogP contribution is 2.44. The van der Waals surface area contributed by atoms with Crippen molar-refractivity contribution in [1.29, 1.82) is 0 Å². The first-order valence-electron chi connectivity index (χ1n) is 7.18. The molecular weight excluding hydrogens is 318 g/mol. The number of benzene rings is 1. The fourth-order valence-corrected chi connectivity index (χ4v) is 4.19. The van der Waals surface area contributed by atoms with Crippen LogP contribution in [0.3, 0.4) is 0 Å². The zero-order valence-corrected chi connectivity index (χ0v) is 14.8. The topological polar surface area (TPSA) is 83.6 Å². The molecule has 0 fully saturated rings. The predicted octanol–water partition coefficient (Wildman–Crippen LogP) is 1.64. The summed E-state index contributed by atoms with van der Waals surface area (Å²) in [5, 5.41) is 13.2. The zero-order valence-electron chi connectivity index (χ0n) is 13.9. The summed E-state index contributed by atoms with van der Waals surface area (Å²) in [5.74, 6) is 1.54. The molecule has 126 valence electrons. The SMILES string of the molecule is CCC[S+](C)c1c([O-])c2cc(OC)c(OC)c(OC)c2[nH]c1=O. The van der Waals surface area contributed by atoms with Crippen LogP contribution in [-0.4, -0.2) is 38.3 Å². The van der Waals surface area contributed by atoms with Gasteiger partial charge in [-0.05, 0) is 18.2 Å². The van der Waals surface area contributed by atoms with Gasteiger partial charge in [0.2, 0.25) is 10.6 Å². The van der Waals surface area contributed by atoms with E-state index in [0.717, 1.165) is 12.2 Å². The van der Waals surface area contributed by atoms with Crippen LogP contribution in [0, 0.1) is 0 Å². The van der Waals surface area contributed by atoms with E-state index in [2.05, 4.69) is 4.98 Å². The number of methoxy groups -OCH3 is 3. The first-order valence-corrected chi connectivity index (χ1v) is 8.98. The minimum absolute atomic E-state index is 0.276. The summed E-state index contributed by atoms with van der Waals surface area (Å²) < 4.78 is 15.9. The molecule has 1 unspecified atom stereocenters. The van der Waals surface area contributed by atoms with Gasteiger partial charge in [0.15, 0.2) is 11.5 Å². The molecule has 2 aromatic rings. The molecule has 0 aliphatic heterocycles. The third-order valence-electron chi connectivity index (χ3n) is 3.58. The van der Waals surface area contributed by atoms with E-state index in [1.807, 2.05) is 13.2 Å². The smallest absolute Gasteiger partial charge is 0.303 e. The summed E-state index contributed by atoms with van der Waals surface area (Å²) in [4.78, 5) is 15.5. The third kappa shape index (κ3) is 2.93. The van der Waals surface area contributed by atoms with Crippen molar-refractivity contribution in [3.63, 3.8) is 0 Å². The lowest BCUT2D eigenvalue weighted by Crippen LogP contribution is -2.22. The van der Waals surface area contributed by atoms with Crippen LogP contribution in [0.1, 0.15) is 13.3 Å². The number of aromatic amines is 1. The third-order valence-corrected chi connectivity index (χ3v) is 5.67. The van der Waals surface area contributed by atoms with Crippen molar-refractivity contribution in [2.24, 2.45) is 0 Å². The van der Waals surface area contributed by atoms with Gasteiger partial charge in [-0.1, -0.05) is 6.92 Å². The molecule has 6 nitrogen and oxygen atoms in total. The number of fused-ring (bicyclic) bond motifs is 1. The van der Waals surface area contributed by atoms with E-state index in [1.165, 1.54) is 21.3 Å². The van der Waals surface area contributed by atoms with Gasteiger partial charge in [0.05, 0.1) is 26.8 Å². The second-order valence-corrected chi connectivity index (χ2v) is 7.11. The van der Waals surface area contributed by atoms with Gasteiger partial charge in [0, 0.05) is 16.3 Å². The van der Waals surface area contributed by atoms with Gasteiger partial charge in [0.1, 0.15) is 12.0 Å². The lowest BCUT2D eigenvalue weighted by atomic mass is 10.1. The van der Waals surface area contributed by atoms with Crippen LogP contribution in [0.4, 0.5) is 0 Å². The van der Waals surface area contributed by atoms with Crippen LogP contribution < -0.4 is 24.9 Å². The molecule has 23 heavy (non-hydrogen) atoms. The molecule has 0 radical (unpaired) electrons. The fourth-order valence-electron chi connectivity index (χ4n) is 2.58. The second-order valence-electron chi connectivity index (χ2n) is 5.02. The maximum absolute atomic E-state index is 12.8. The quantitative estimate of drug-likeness (QED) is 0.809. The van der Waals surface area contributed by atoms with E-state index < -0.39 is 10.9 Å². The van der Waals surface area contributed by atoms with Gasteiger partial charge in [-0.2, -0.15) is 0 Å². The number of H-pyrrole nitrogens is 1. The molecule has 0 saturated heterocycles. The Labute approximate surface area is 137 Å². The monoisotopic (exact) mass is 339 g/mol. The lowest BCUT2D eigenvalue weighted by Gasteiger charge is -2.19. The Kier molecular flexibility index (Phi) is 5.30. The van der Waals surface area contributed by atoms with Gasteiger partial charge in [-0.25, -0.2) is 0 Å². The summed E-state index contributed by atoms with van der Waals surface area (Å²) >= 11 is 0. The van der Waals surface area contributed by atoms with Crippen LogP contribution in [0.2, 0.25) is 0 Å². The molecule has 0 saturated carbocycles. The highest BCUT2D eigenvalue weighted by molar-refractivity contribution is 7.96. The van der Waals surface area contributed by atoms with Crippen molar-refractivity contribution in [1.82, 2.24) is 4.98 Å². The number of pyridine rings is 1. The van der Waals surface area contributed by atoms with E-state index in [-0.39, 0.29) is 17.1 Å². The van der Waals surface area contributed by atoms with Gasteiger partial charge in [-0.15, -0.1) is 0 Å². The Morgan fingerprint density at radius 1 is 1.17 bits per heavy atom. The average Bonchev–Trinajstić information content (AvgIpc) is 2.53. The highest BCUT2D eigenvalue weighted by atomic mass is 32.2. The van der Waals surface area contributed by atoms with E-state index in [1.54, 1.807) is 6.07 Å². The van der Waals surface area contributed by atoms with Crippen LogP contribution in [0.5, 0.6) is 23.0 Å². The molecule has 1 aromatic carbocycles.